The van der Waals surface area contributed by atoms with Gasteiger partial charge in [-0.25, -0.2) is 13.6 Å². The fraction of sp³-hybridized carbons (Fsp3) is 0.857. The van der Waals surface area contributed by atoms with Crippen molar-refractivity contribution in [1.82, 2.24) is 4.90 Å². The van der Waals surface area contributed by atoms with Gasteiger partial charge in [0.15, 0.2) is 0 Å². The van der Waals surface area contributed by atoms with Gasteiger partial charge in [-0.05, 0) is 0 Å². The third-order valence-corrected chi connectivity index (χ3v) is 2.11. The van der Waals surface area contributed by atoms with Gasteiger partial charge in [0.1, 0.15) is 0 Å². The number of alkyl halides is 2. The van der Waals surface area contributed by atoms with Crippen LogP contribution in [0.15, 0.2) is 0 Å². The van der Waals surface area contributed by atoms with Crippen molar-refractivity contribution < 1.29 is 18.3 Å². The van der Waals surface area contributed by atoms with E-state index in [1.54, 1.807) is 0 Å². The zero-order chi connectivity index (χ0) is 10.1. The highest BCUT2D eigenvalue weighted by Crippen LogP contribution is 2.27. The van der Waals surface area contributed by atoms with E-state index in [1.165, 1.54) is 12.0 Å². The SMILES string of the molecule is COC(=O)N1CCC(F)(F)C(N)C1. The molecule has 1 heterocycles. The second-order valence-corrected chi connectivity index (χ2v) is 3.03. The van der Waals surface area contributed by atoms with E-state index in [9.17, 15) is 13.6 Å². The highest BCUT2D eigenvalue weighted by atomic mass is 19.3. The third kappa shape index (κ3) is 2.06. The van der Waals surface area contributed by atoms with Crippen molar-refractivity contribution in [3.8, 4) is 0 Å². The summed E-state index contributed by atoms with van der Waals surface area (Å²) in [5.41, 5.74) is 5.20. The molecule has 0 aliphatic carbocycles. The predicted molar refractivity (Wildman–Crippen MR) is 41.5 cm³/mol. The van der Waals surface area contributed by atoms with E-state index in [0.717, 1.165) is 0 Å². The summed E-state index contributed by atoms with van der Waals surface area (Å²) in [6.07, 6.45) is -1.01. The van der Waals surface area contributed by atoms with Crippen LogP contribution in [0.3, 0.4) is 0 Å². The van der Waals surface area contributed by atoms with E-state index in [1.807, 2.05) is 0 Å². The van der Waals surface area contributed by atoms with Crippen LogP contribution in [0.5, 0.6) is 0 Å². The average Bonchev–Trinajstić information content (AvgIpc) is 2.08. The fourth-order valence-electron chi connectivity index (χ4n) is 1.23. The van der Waals surface area contributed by atoms with Gasteiger partial charge in [0.2, 0.25) is 0 Å². The lowest BCUT2D eigenvalue weighted by Gasteiger charge is -2.35. The molecule has 1 amide bonds. The predicted octanol–water partition coefficient (Wildman–Crippen LogP) is 0.421. The van der Waals surface area contributed by atoms with Crippen LogP contribution in [0.4, 0.5) is 13.6 Å². The van der Waals surface area contributed by atoms with Crippen LogP contribution in [-0.4, -0.2) is 43.2 Å². The number of rotatable bonds is 0. The van der Waals surface area contributed by atoms with Crippen LogP contribution in [0.25, 0.3) is 0 Å². The molecule has 1 fully saturated rings. The minimum atomic E-state index is -2.87. The summed E-state index contributed by atoms with van der Waals surface area (Å²) in [5.74, 6) is -2.87. The number of hydrogen-bond acceptors (Lipinski definition) is 3. The Labute approximate surface area is 74.6 Å². The van der Waals surface area contributed by atoms with Gasteiger partial charge < -0.3 is 15.4 Å². The molecule has 0 saturated carbocycles. The molecule has 0 aromatic heterocycles. The first kappa shape index (κ1) is 10.2. The third-order valence-electron chi connectivity index (χ3n) is 2.11. The van der Waals surface area contributed by atoms with Crippen molar-refractivity contribution in [3.63, 3.8) is 0 Å². The van der Waals surface area contributed by atoms with Crippen LogP contribution >= 0.6 is 0 Å². The van der Waals surface area contributed by atoms with Gasteiger partial charge in [-0.1, -0.05) is 0 Å². The molecule has 0 aromatic carbocycles. The zero-order valence-electron chi connectivity index (χ0n) is 7.30. The van der Waals surface area contributed by atoms with E-state index in [-0.39, 0.29) is 13.1 Å². The Hall–Kier alpha value is -0.910. The number of piperidine rings is 1. The molecule has 6 heteroatoms. The number of hydrogen-bond donors (Lipinski definition) is 1. The lowest BCUT2D eigenvalue weighted by molar-refractivity contribution is -0.0683. The molecular formula is C7H12F2N2O2. The average molecular weight is 194 g/mol. The molecule has 76 valence electrons. The van der Waals surface area contributed by atoms with Crippen molar-refractivity contribution in [2.24, 2.45) is 5.73 Å². The van der Waals surface area contributed by atoms with Gasteiger partial charge in [-0.15, -0.1) is 0 Å². The summed E-state index contributed by atoms with van der Waals surface area (Å²) in [5, 5.41) is 0. The molecule has 1 rings (SSSR count). The minimum Gasteiger partial charge on any atom is -0.453 e. The molecule has 1 aliphatic heterocycles. The van der Waals surface area contributed by atoms with Crippen molar-refractivity contribution in [3.05, 3.63) is 0 Å². The number of halogens is 2. The van der Waals surface area contributed by atoms with Crippen LogP contribution in [0.1, 0.15) is 6.42 Å². The van der Waals surface area contributed by atoms with E-state index in [4.69, 9.17) is 5.73 Å². The summed E-state index contributed by atoms with van der Waals surface area (Å²) >= 11 is 0. The van der Waals surface area contributed by atoms with Crippen LogP contribution < -0.4 is 5.73 Å². The van der Waals surface area contributed by atoms with Crippen molar-refractivity contribution in [2.75, 3.05) is 20.2 Å². The quantitative estimate of drug-likeness (QED) is 0.608. The Balaban J connectivity index is 2.56. The number of carbonyl (C=O) groups excluding carboxylic acids is 1. The number of methoxy groups -OCH3 is 1. The highest BCUT2D eigenvalue weighted by molar-refractivity contribution is 5.67. The smallest absolute Gasteiger partial charge is 0.409 e. The van der Waals surface area contributed by atoms with Gasteiger partial charge in [0.05, 0.1) is 13.2 Å². The molecule has 2 N–H and O–H groups in total. The van der Waals surface area contributed by atoms with Crippen molar-refractivity contribution in [1.29, 1.82) is 0 Å². The van der Waals surface area contributed by atoms with Crippen LogP contribution in [0, 0.1) is 0 Å². The Kier molecular flexibility index (Phi) is 2.70. The molecule has 0 spiro atoms. The summed E-state index contributed by atoms with van der Waals surface area (Å²) in [6, 6.07) is -1.29. The largest absolute Gasteiger partial charge is 0.453 e. The first-order valence-electron chi connectivity index (χ1n) is 3.93. The maximum Gasteiger partial charge on any atom is 0.409 e. The standard InChI is InChI=1S/C7H12F2N2O2/c1-13-6(12)11-3-2-7(8,9)5(10)4-11/h5H,2-4,10H2,1H3. The maximum absolute atomic E-state index is 12.8. The first-order valence-corrected chi connectivity index (χ1v) is 3.93. The molecule has 0 aromatic rings. The molecule has 0 radical (unpaired) electrons. The number of carbonyl (C=O) groups is 1. The summed E-state index contributed by atoms with van der Waals surface area (Å²) in [7, 11) is 1.21. The van der Waals surface area contributed by atoms with E-state index < -0.39 is 24.5 Å². The molecule has 1 unspecified atom stereocenters. The van der Waals surface area contributed by atoms with Crippen LogP contribution in [-0.2, 0) is 4.74 Å². The Morgan fingerprint density at radius 1 is 1.69 bits per heavy atom. The molecule has 13 heavy (non-hydrogen) atoms. The summed E-state index contributed by atoms with van der Waals surface area (Å²) in [6.45, 7) is -0.160. The monoisotopic (exact) mass is 194 g/mol. The van der Waals surface area contributed by atoms with Crippen molar-refractivity contribution >= 4 is 6.09 Å². The molecular weight excluding hydrogens is 182 g/mol. The molecule has 1 saturated heterocycles. The first-order chi connectivity index (χ1) is 5.97. The maximum atomic E-state index is 12.8. The van der Waals surface area contributed by atoms with E-state index in [2.05, 4.69) is 4.74 Å². The number of amides is 1. The topological polar surface area (TPSA) is 55.6 Å². The highest BCUT2D eigenvalue weighted by Gasteiger charge is 2.43. The van der Waals surface area contributed by atoms with Gasteiger partial charge in [0, 0.05) is 19.5 Å². The number of nitrogens with zero attached hydrogens (tertiary/aromatic N) is 1. The van der Waals surface area contributed by atoms with Crippen molar-refractivity contribution in [2.45, 2.75) is 18.4 Å². The number of likely N-dealkylation sites (tertiary alicyclic amines) is 1. The summed E-state index contributed by atoms with van der Waals surface area (Å²) in [4.78, 5) is 12.1. The zero-order valence-corrected chi connectivity index (χ0v) is 7.30. The Morgan fingerprint density at radius 3 is 2.77 bits per heavy atom. The van der Waals surface area contributed by atoms with E-state index in [0.29, 0.717) is 0 Å². The van der Waals surface area contributed by atoms with Gasteiger partial charge in [-0.3, -0.25) is 0 Å². The normalized spacial score (nSPS) is 27.1. The van der Waals surface area contributed by atoms with Crippen LogP contribution in [0.2, 0.25) is 0 Å². The van der Waals surface area contributed by atoms with E-state index >= 15 is 0 Å². The second kappa shape index (κ2) is 3.45. The Bertz CT molecular complexity index is 211. The minimum absolute atomic E-state index is 0.00657. The van der Waals surface area contributed by atoms with Gasteiger partial charge >= 0.3 is 6.09 Å². The molecule has 1 aliphatic rings. The molecule has 4 nitrogen and oxygen atoms in total. The van der Waals surface area contributed by atoms with Gasteiger partial charge in [-0.2, -0.15) is 0 Å². The lowest BCUT2D eigenvalue weighted by Crippen LogP contribution is -2.56. The fourth-order valence-corrected chi connectivity index (χ4v) is 1.23. The Morgan fingerprint density at radius 2 is 2.31 bits per heavy atom. The molecule has 1 atom stereocenters. The second-order valence-electron chi connectivity index (χ2n) is 3.03. The number of ether oxygens (including phenoxy) is 1. The number of nitrogens with two attached hydrogens (primary N) is 1. The lowest BCUT2D eigenvalue weighted by atomic mass is 10.0. The summed E-state index contributed by atoms with van der Waals surface area (Å²) < 4.78 is 30.1. The molecule has 0 bridgehead atoms. The van der Waals surface area contributed by atoms with Gasteiger partial charge in [0.25, 0.3) is 5.92 Å².